The maximum absolute atomic E-state index is 13.2. The zero-order chi connectivity index (χ0) is 11.2. The van der Waals surface area contributed by atoms with Crippen LogP contribution in [0.15, 0.2) is 20.1 Å². The zero-order valence-corrected chi connectivity index (χ0v) is 9.21. The Bertz CT molecular complexity index is 638. The number of nitrogens with zero attached hydrogens (tertiary/aromatic N) is 2. The minimum absolute atomic E-state index is 0.147. The SMILES string of the molecule is O=S(=O)(O)c1c(Br)cc(F)c2nonc12. The molecule has 0 saturated heterocycles. The molecule has 1 N–H and O–H groups in total. The second-order valence-corrected chi connectivity index (χ2v) is 4.82. The quantitative estimate of drug-likeness (QED) is 0.799. The van der Waals surface area contributed by atoms with Crippen LogP contribution in [0.1, 0.15) is 0 Å². The normalized spacial score (nSPS) is 12.2. The predicted molar refractivity (Wildman–Crippen MR) is 49.3 cm³/mol. The molecule has 1 aromatic carbocycles. The third kappa shape index (κ3) is 1.62. The van der Waals surface area contributed by atoms with Gasteiger partial charge in [0.2, 0.25) is 0 Å². The molecular weight excluding hydrogens is 295 g/mol. The second-order valence-electron chi connectivity index (χ2n) is 2.61. The first-order chi connectivity index (χ1) is 6.91. The largest absolute Gasteiger partial charge is 0.298 e. The summed E-state index contributed by atoms with van der Waals surface area (Å²) in [4.78, 5) is -0.569. The Labute approximate surface area is 90.9 Å². The second kappa shape index (κ2) is 3.22. The third-order valence-corrected chi connectivity index (χ3v) is 3.48. The number of hydrogen-bond donors (Lipinski definition) is 1. The minimum atomic E-state index is -4.52. The number of rotatable bonds is 1. The van der Waals surface area contributed by atoms with E-state index in [4.69, 9.17) is 4.55 Å². The Balaban J connectivity index is 3.02. The van der Waals surface area contributed by atoms with Crippen molar-refractivity contribution in [1.29, 1.82) is 0 Å². The van der Waals surface area contributed by atoms with Gasteiger partial charge in [0.1, 0.15) is 4.90 Å². The molecule has 0 aliphatic rings. The number of fused-ring (bicyclic) bond motifs is 1. The highest BCUT2D eigenvalue weighted by Gasteiger charge is 2.24. The van der Waals surface area contributed by atoms with Gasteiger partial charge in [-0.05, 0) is 32.3 Å². The van der Waals surface area contributed by atoms with Gasteiger partial charge in [-0.3, -0.25) is 4.55 Å². The fourth-order valence-electron chi connectivity index (χ4n) is 1.10. The van der Waals surface area contributed by atoms with E-state index in [0.29, 0.717) is 0 Å². The van der Waals surface area contributed by atoms with Gasteiger partial charge in [-0.25, -0.2) is 9.02 Å². The van der Waals surface area contributed by atoms with Gasteiger partial charge in [-0.15, -0.1) is 0 Å². The third-order valence-electron chi connectivity index (χ3n) is 1.66. The van der Waals surface area contributed by atoms with Gasteiger partial charge >= 0.3 is 0 Å². The molecule has 0 radical (unpaired) electrons. The molecule has 6 nitrogen and oxygen atoms in total. The number of hydrogen-bond acceptors (Lipinski definition) is 5. The lowest BCUT2D eigenvalue weighted by Gasteiger charge is -2.00. The molecule has 0 aliphatic heterocycles. The average molecular weight is 297 g/mol. The summed E-state index contributed by atoms with van der Waals surface area (Å²) in [6.07, 6.45) is 0. The maximum atomic E-state index is 13.2. The van der Waals surface area contributed by atoms with Gasteiger partial charge < -0.3 is 0 Å². The molecule has 0 saturated carbocycles. The van der Waals surface area contributed by atoms with Gasteiger partial charge in [0.05, 0.1) is 0 Å². The van der Waals surface area contributed by atoms with Gasteiger partial charge in [-0.2, -0.15) is 8.42 Å². The van der Waals surface area contributed by atoms with Crippen LogP contribution in [0.5, 0.6) is 0 Å². The first-order valence-corrected chi connectivity index (χ1v) is 5.72. The van der Waals surface area contributed by atoms with Crippen molar-refractivity contribution in [3.63, 3.8) is 0 Å². The van der Waals surface area contributed by atoms with Crippen molar-refractivity contribution in [2.75, 3.05) is 0 Å². The highest BCUT2D eigenvalue weighted by molar-refractivity contribution is 9.10. The van der Waals surface area contributed by atoms with E-state index in [1.807, 2.05) is 0 Å². The van der Waals surface area contributed by atoms with Gasteiger partial charge in [0.15, 0.2) is 16.9 Å². The summed E-state index contributed by atoms with van der Waals surface area (Å²) in [6.45, 7) is 0. The van der Waals surface area contributed by atoms with Crippen molar-refractivity contribution in [2.45, 2.75) is 4.90 Å². The van der Waals surface area contributed by atoms with E-state index in [2.05, 4.69) is 30.9 Å². The fourth-order valence-corrected chi connectivity index (χ4v) is 2.78. The van der Waals surface area contributed by atoms with Gasteiger partial charge in [0.25, 0.3) is 10.1 Å². The molecule has 0 aliphatic carbocycles. The molecule has 9 heteroatoms. The van der Waals surface area contributed by atoms with E-state index in [-0.39, 0.29) is 15.5 Å². The van der Waals surface area contributed by atoms with Crippen molar-refractivity contribution in [2.24, 2.45) is 0 Å². The summed E-state index contributed by atoms with van der Waals surface area (Å²) < 4.78 is 48.1. The number of benzene rings is 1. The molecule has 1 aromatic heterocycles. The van der Waals surface area contributed by atoms with Crippen LogP contribution in [0.3, 0.4) is 0 Å². The van der Waals surface area contributed by atoms with Crippen molar-refractivity contribution in [3.8, 4) is 0 Å². The molecule has 15 heavy (non-hydrogen) atoms. The molecule has 0 spiro atoms. The summed E-state index contributed by atoms with van der Waals surface area (Å²) >= 11 is 2.80. The van der Waals surface area contributed by atoms with Crippen molar-refractivity contribution >= 4 is 37.1 Å². The molecule has 0 fully saturated rings. The standard InChI is InChI=1S/C6H2BrFN2O4S/c7-2-1-3(8)4-5(10-14-9-4)6(2)15(11,12)13/h1H,(H,11,12,13). The molecule has 2 aromatic rings. The fraction of sp³-hybridized carbons (Fsp3) is 0. The summed E-state index contributed by atoms with van der Waals surface area (Å²) in [5, 5.41) is 6.39. The highest BCUT2D eigenvalue weighted by Crippen LogP contribution is 2.30. The van der Waals surface area contributed by atoms with E-state index in [9.17, 15) is 12.8 Å². The smallest absolute Gasteiger partial charge is 0.282 e. The Morgan fingerprint density at radius 2 is 2.00 bits per heavy atom. The van der Waals surface area contributed by atoms with Crippen LogP contribution in [0.25, 0.3) is 11.0 Å². The van der Waals surface area contributed by atoms with E-state index in [0.717, 1.165) is 6.07 Å². The number of aromatic nitrogens is 2. The first-order valence-electron chi connectivity index (χ1n) is 3.49. The maximum Gasteiger partial charge on any atom is 0.298 e. The van der Waals surface area contributed by atoms with E-state index in [1.54, 1.807) is 0 Å². The predicted octanol–water partition coefficient (Wildman–Crippen LogP) is 1.37. The van der Waals surface area contributed by atoms with Crippen molar-refractivity contribution < 1.29 is 22.0 Å². The van der Waals surface area contributed by atoms with Crippen LogP contribution in [0.4, 0.5) is 4.39 Å². The average Bonchev–Trinajstić information content (AvgIpc) is 2.49. The minimum Gasteiger partial charge on any atom is -0.282 e. The van der Waals surface area contributed by atoms with Crippen LogP contribution < -0.4 is 0 Å². The Hall–Kier alpha value is -1.06. The molecular formula is C6H2BrFN2O4S. The summed E-state index contributed by atoms with van der Waals surface area (Å²) in [5.41, 5.74) is -0.713. The molecule has 0 bridgehead atoms. The molecule has 80 valence electrons. The monoisotopic (exact) mass is 296 g/mol. The van der Waals surface area contributed by atoms with E-state index >= 15 is 0 Å². The van der Waals surface area contributed by atoms with Gasteiger partial charge in [0, 0.05) is 4.47 Å². The van der Waals surface area contributed by atoms with E-state index < -0.39 is 20.8 Å². The summed E-state index contributed by atoms with van der Waals surface area (Å²) in [7, 11) is -4.52. The molecule has 1 heterocycles. The molecule has 0 atom stereocenters. The Morgan fingerprint density at radius 1 is 1.40 bits per heavy atom. The van der Waals surface area contributed by atoms with Crippen LogP contribution in [-0.4, -0.2) is 23.3 Å². The van der Waals surface area contributed by atoms with Gasteiger partial charge in [-0.1, -0.05) is 0 Å². The van der Waals surface area contributed by atoms with Crippen LogP contribution in [0.2, 0.25) is 0 Å². The molecule has 2 rings (SSSR count). The van der Waals surface area contributed by atoms with Crippen LogP contribution in [0, 0.1) is 5.82 Å². The zero-order valence-electron chi connectivity index (χ0n) is 6.81. The summed E-state index contributed by atoms with van der Waals surface area (Å²) in [5.74, 6) is -0.800. The van der Waals surface area contributed by atoms with E-state index in [1.165, 1.54) is 0 Å². The molecule has 0 unspecified atom stereocenters. The lowest BCUT2D eigenvalue weighted by molar-refractivity contribution is 0.314. The summed E-state index contributed by atoms with van der Waals surface area (Å²) in [6, 6.07) is 0.857. The van der Waals surface area contributed by atoms with Crippen LogP contribution >= 0.6 is 15.9 Å². The lowest BCUT2D eigenvalue weighted by atomic mass is 10.3. The van der Waals surface area contributed by atoms with Crippen LogP contribution in [-0.2, 0) is 10.1 Å². The lowest BCUT2D eigenvalue weighted by Crippen LogP contribution is -2.01. The first kappa shape index (κ1) is 10.5. The van der Waals surface area contributed by atoms with Crippen molar-refractivity contribution in [1.82, 2.24) is 10.3 Å². The topological polar surface area (TPSA) is 93.3 Å². The van der Waals surface area contributed by atoms with Crippen molar-refractivity contribution in [3.05, 3.63) is 16.4 Å². The Morgan fingerprint density at radius 3 is 2.60 bits per heavy atom. The number of halogens is 2. The molecule has 0 amide bonds. The highest BCUT2D eigenvalue weighted by atomic mass is 79.9. The Kier molecular flexibility index (Phi) is 2.24.